The van der Waals surface area contributed by atoms with E-state index in [4.69, 9.17) is 0 Å². The van der Waals surface area contributed by atoms with Crippen LogP contribution in [0.4, 0.5) is 11.5 Å². The summed E-state index contributed by atoms with van der Waals surface area (Å²) in [6.45, 7) is 4.42. The van der Waals surface area contributed by atoms with Gasteiger partial charge in [-0.1, -0.05) is 31.2 Å². The summed E-state index contributed by atoms with van der Waals surface area (Å²) in [6.07, 6.45) is 0.977. The number of anilines is 1. The molecule has 0 saturated carbocycles. The van der Waals surface area contributed by atoms with Crippen LogP contribution in [0.2, 0.25) is 0 Å². The molecule has 0 radical (unpaired) electrons. The van der Waals surface area contributed by atoms with Gasteiger partial charge in [-0.3, -0.25) is 10.1 Å². The second-order valence-corrected chi connectivity index (χ2v) is 4.53. The zero-order valence-corrected chi connectivity index (χ0v) is 11.6. The van der Waals surface area contributed by atoms with E-state index >= 15 is 0 Å². The molecule has 0 spiro atoms. The molecule has 1 N–H and O–H groups in total. The third kappa shape index (κ3) is 3.12. The summed E-state index contributed by atoms with van der Waals surface area (Å²) >= 11 is 0. The summed E-state index contributed by atoms with van der Waals surface area (Å²) in [7, 11) is 0. The highest BCUT2D eigenvalue weighted by Crippen LogP contribution is 2.18. The average molecular weight is 271 g/mol. The minimum absolute atomic E-state index is 0.0458. The van der Waals surface area contributed by atoms with E-state index in [1.54, 1.807) is 13.0 Å². The predicted molar refractivity (Wildman–Crippen MR) is 78.8 cm³/mol. The van der Waals surface area contributed by atoms with Crippen molar-refractivity contribution in [1.29, 1.82) is 0 Å². The van der Waals surface area contributed by atoms with Crippen LogP contribution in [0.1, 0.15) is 23.7 Å². The third-order valence-corrected chi connectivity index (χ3v) is 3.21. The highest BCUT2D eigenvalue weighted by Gasteiger charge is 2.11. The average Bonchev–Trinajstić information content (AvgIpc) is 2.45. The van der Waals surface area contributed by atoms with E-state index in [9.17, 15) is 10.1 Å². The van der Waals surface area contributed by atoms with Crippen LogP contribution in [0.25, 0.3) is 0 Å². The number of nitro groups is 1. The third-order valence-electron chi connectivity index (χ3n) is 3.21. The Labute approximate surface area is 117 Å². The standard InChI is InChI=1S/C15H17N3O2/c1-3-12-6-4-5-7-13(12)10-16-15-9-8-14(18(19)20)11(2)17-15/h4-9H,3,10H2,1-2H3,(H,16,17). The lowest BCUT2D eigenvalue weighted by Crippen LogP contribution is -2.05. The van der Waals surface area contributed by atoms with Gasteiger partial charge in [-0.15, -0.1) is 0 Å². The highest BCUT2D eigenvalue weighted by atomic mass is 16.6. The van der Waals surface area contributed by atoms with Crippen LogP contribution in [-0.2, 0) is 13.0 Å². The molecule has 1 aromatic heterocycles. The number of nitrogens with one attached hydrogen (secondary N) is 1. The zero-order valence-electron chi connectivity index (χ0n) is 11.6. The van der Waals surface area contributed by atoms with Gasteiger partial charge in [0.1, 0.15) is 11.5 Å². The van der Waals surface area contributed by atoms with Crippen LogP contribution in [0.3, 0.4) is 0 Å². The molecule has 5 nitrogen and oxygen atoms in total. The molecule has 0 saturated heterocycles. The first kappa shape index (κ1) is 14.0. The number of hydrogen-bond donors (Lipinski definition) is 1. The van der Waals surface area contributed by atoms with Crippen LogP contribution in [-0.4, -0.2) is 9.91 Å². The van der Waals surface area contributed by atoms with Crippen LogP contribution in [0.15, 0.2) is 36.4 Å². The van der Waals surface area contributed by atoms with Gasteiger partial charge in [0.05, 0.1) is 4.92 Å². The molecule has 0 bridgehead atoms. The Hall–Kier alpha value is -2.43. The molecule has 1 heterocycles. The van der Waals surface area contributed by atoms with E-state index in [1.165, 1.54) is 17.2 Å². The van der Waals surface area contributed by atoms with Crippen molar-refractivity contribution in [3.8, 4) is 0 Å². The summed E-state index contributed by atoms with van der Waals surface area (Å²) in [5.74, 6) is 0.652. The van der Waals surface area contributed by atoms with Crippen molar-refractivity contribution in [1.82, 2.24) is 4.98 Å². The number of aromatic nitrogens is 1. The first-order valence-corrected chi connectivity index (χ1v) is 6.54. The smallest absolute Gasteiger partial charge is 0.290 e. The molecule has 5 heteroatoms. The first-order chi connectivity index (χ1) is 9.61. The second-order valence-electron chi connectivity index (χ2n) is 4.53. The molecule has 0 aliphatic heterocycles. The summed E-state index contributed by atoms with van der Waals surface area (Å²) in [5, 5.41) is 13.9. The van der Waals surface area contributed by atoms with Crippen molar-refractivity contribution in [2.24, 2.45) is 0 Å². The highest BCUT2D eigenvalue weighted by molar-refractivity contribution is 5.45. The van der Waals surface area contributed by atoms with E-state index in [1.807, 2.05) is 12.1 Å². The van der Waals surface area contributed by atoms with Gasteiger partial charge in [0.25, 0.3) is 5.69 Å². The van der Waals surface area contributed by atoms with Gasteiger partial charge in [0.15, 0.2) is 0 Å². The fraction of sp³-hybridized carbons (Fsp3) is 0.267. The number of hydrogen-bond acceptors (Lipinski definition) is 4. The van der Waals surface area contributed by atoms with Gasteiger partial charge in [-0.2, -0.15) is 0 Å². The Morgan fingerprint density at radius 3 is 2.50 bits per heavy atom. The van der Waals surface area contributed by atoms with Crippen LogP contribution in [0.5, 0.6) is 0 Å². The molecule has 0 fully saturated rings. The van der Waals surface area contributed by atoms with Crippen LogP contribution in [0, 0.1) is 17.0 Å². The monoisotopic (exact) mass is 271 g/mol. The van der Waals surface area contributed by atoms with Gasteiger partial charge in [0.2, 0.25) is 0 Å². The summed E-state index contributed by atoms with van der Waals surface area (Å²) < 4.78 is 0. The Balaban J connectivity index is 2.11. The van der Waals surface area contributed by atoms with Crippen molar-refractivity contribution in [3.63, 3.8) is 0 Å². The van der Waals surface area contributed by atoms with E-state index in [-0.39, 0.29) is 5.69 Å². The molecule has 0 unspecified atom stereocenters. The minimum atomic E-state index is -0.418. The molecule has 20 heavy (non-hydrogen) atoms. The van der Waals surface area contributed by atoms with Crippen LogP contribution < -0.4 is 5.32 Å². The maximum absolute atomic E-state index is 10.7. The Kier molecular flexibility index (Phi) is 4.30. The van der Waals surface area contributed by atoms with Gasteiger partial charge in [-0.25, -0.2) is 4.98 Å². The predicted octanol–water partition coefficient (Wildman–Crippen LogP) is 3.47. The molecule has 2 aromatic rings. The molecule has 0 amide bonds. The van der Waals surface area contributed by atoms with Crippen molar-refractivity contribution >= 4 is 11.5 Å². The van der Waals surface area contributed by atoms with Gasteiger partial charge in [0, 0.05) is 12.6 Å². The van der Waals surface area contributed by atoms with Crippen molar-refractivity contribution in [2.75, 3.05) is 5.32 Å². The van der Waals surface area contributed by atoms with Crippen molar-refractivity contribution in [2.45, 2.75) is 26.8 Å². The number of rotatable bonds is 5. The molecular formula is C15H17N3O2. The Morgan fingerprint density at radius 2 is 1.90 bits per heavy atom. The fourth-order valence-corrected chi connectivity index (χ4v) is 2.11. The van der Waals surface area contributed by atoms with Crippen molar-refractivity contribution in [3.05, 3.63) is 63.3 Å². The first-order valence-electron chi connectivity index (χ1n) is 6.54. The van der Waals surface area contributed by atoms with E-state index in [2.05, 4.69) is 29.4 Å². The molecular weight excluding hydrogens is 254 g/mol. The minimum Gasteiger partial charge on any atom is -0.366 e. The van der Waals surface area contributed by atoms with Gasteiger partial charge < -0.3 is 5.32 Å². The topological polar surface area (TPSA) is 68.1 Å². The normalized spacial score (nSPS) is 10.3. The lowest BCUT2D eigenvalue weighted by molar-refractivity contribution is -0.385. The van der Waals surface area contributed by atoms with Gasteiger partial charge in [-0.05, 0) is 30.5 Å². The SMILES string of the molecule is CCc1ccccc1CNc1ccc([N+](=O)[O-])c(C)n1. The van der Waals surface area contributed by atoms with Crippen molar-refractivity contribution < 1.29 is 4.92 Å². The van der Waals surface area contributed by atoms with E-state index in [0.29, 0.717) is 18.1 Å². The number of nitrogens with zero attached hydrogens (tertiary/aromatic N) is 2. The molecule has 2 rings (SSSR count). The van der Waals surface area contributed by atoms with Crippen LogP contribution >= 0.6 is 0 Å². The molecule has 104 valence electrons. The molecule has 1 aromatic carbocycles. The van der Waals surface area contributed by atoms with E-state index in [0.717, 1.165) is 6.42 Å². The summed E-state index contributed by atoms with van der Waals surface area (Å²) in [5.41, 5.74) is 2.97. The number of aryl methyl sites for hydroxylation is 2. The largest absolute Gasteiger partial charge is 0.366 e. The van der Waals surface area contributed by atoms with E-state index < -0.39 is 4.92 Å². The molecule has 0 aliphatic carbocycles. The summed E-state index contributed by atoms with van der Waals surface area (Å²) in [4.78, 5) is 14.5. The Bertz CT molecular complexity index is 626. The number of pyridine rings is 1. The number of benzene rings is 1. The lowest BCUT2D eigenvalue weighted by atomic mass is 10.1. The fourth-order valence-electron chi connectivity index (χ4n) is 2.11. The molecule has 0 aliphatic rings. The maximum atomic E-state index is 10.7. The zero-order chi connectivity index (χ0) is 14.5. The maximum Gasteiger partial charge on any atom is 0.290 e. The summed E-state index contributed by atoms with van der Waals surface area (Å²) in [6, 6.07) is 11.3. The molecule has 0 atom stereocenters. The van der Waals surface area contributed by atoms with Gasteiger partial charge >= 0.3 is 0 Å². The quantitative estimate of drug-likeness (QED) is 0.667. The lowest BCUT2D eigenvalue weighted by Gasteiger charge is -2.10. The Morgan fingerprint density at radius 1 is 1.20 bits per heavy atom. The second kappa shape index (κ2) is 6.14.